The van der Waals surface area contributed by atoms with Crippen LogP contribution in [0.4, 0.5) is 0 Å². The Hall–Kier alpha value is 1.08. The predicted molar refractivity (Wildman–Crippen MR) is 1.37 cm³/mol. The molecule has 0 N–H and O–H groups in total. The summed E-state index contributed by atoms with van der Waals surface area (Å²) in [5.41, 5.74) is 0. The normalized spacial score (nSPS) is 5.00. The summed E-state index contributed by atoms with van der Waals surface area (Å²) in [7, 11) is 0. The summed E-state index contributed by atoms with van der Waals surface area (Å²) in [6.07, 6.45) is 0. The first-order valence-electron chi connectivity index (χ1n) is 0.565. The van der Waals surface area contributed by atoms with Gasteiger partial charge in [0.2, 0.25) is 0 Å². The zero-order chi connectivity index (χ0) is 3.41. The number of rotatable bonds is 1. The van der Waals surface area contributed by atoms with Crippen LogP contribution in [-0.4, -0.2) is 0 Å². The van der Waals surface area contributed by atoms with E-state index < -0.39 is 32.6 Å². The molecule has 0 fully saturated rings. The quantitative estimate of drug-likeness (QED) is 0.616. The maximum atomic E-state index is 9.25. The molecule has 0 aromatic heterocycles. The monoisotopic (exact) mass is 394 g/mol. The Morgan fingerprint density at radius 3 is 1.25 bits per heavy atom. The van der Waals surface area contributed by atoms with E-state index in [-0.39, 0.29) is 0 Å². The van der Waals surface area contributed by atoms with E-state index in [1.165, 1.54) is 0 Å². The number of hydrogen-bond acceptors (Lipinski definition) is 2. The third-order valence-corrected chi connectivity index (χ3v) is 2.23. The molecule has 0 aliphatic heterocycles. The molecule has 0 rings (SSSR count). The molecule has 0 aromatic rings. The molecule has 0 heterocycles. The van der Waals surface area contributed by atoms with E-state index in [0.717, 1.165) is 0 Å². The average molecular weight is 394 g/mol. The van der Waals surface area contributed by atoms with Crippen molar-refractivity contribution >= 4 is 0 Å². The molecule has 0 spiro atoms. The van der Waals surface area contributed by atoms with Crippen LogP contribution in [0, 0.1) is 0 Å². The van der Waals surface area contributed by atoms with E-state index in [2.05, 4.69) is 0 Å². The van der Waals surface area contributed by atoms with Crippen molar-refractivity contribution in [2.24, 2.45) is 0 Å². The Labute approximate surface area is 39.0 Å². The van der Waals surface area contributed by atoms with Crippen LogP contribution in [-0.2, 0) is 39.1 Å². The summed E-state index contributed by atoms with van der Waals surface area (Å²) in [6, 6.07) is 0. The molecule has 2 nitrogen and oxygen atoms in total. The molecule has 0 bridgehead atoms. The molecule has 4 heavy (non-hydrogen) atoms. The van der Waals surface area contributed by atoms with E-state index in [9.17, 15) is 6.50 Å². The molecular formula is O2Ta2. The summed E-state index contributed by atoms with van der Waals surface area (Å²) in [5, 5.41) is 0. The molecule has 0 aliphatic carbocycles. The van der Waals surface area contributed by atoms with Gasteiger partial charge in [-0.2, -0.15) is 0 Å². The van der Waals surface area contributed by atoms with E-state index in [0.29, 0.717) is 0 Å². The maximum absolute atomic E-state index is 9.25. The Bertz CT molecular complexity index is 25.0. The van der Waals surface area contributed by atoms with E-state index in [1.807, 2.05) is 0 Å². The molecule has 0 unspecified atom stereocenters. The van der Waals surface area contributed by atoms with Crippen molar-refractivity contribution in [1.82, 2.24) is 0 Å². The van der Waals surface area contributed by atoms with Crippen LogP contribution in [0.3, 0.4) is 0 Å². The standard InChI is InChI=1S/2O.2Ta. The van der Waals surface area contributed by atoms with Gasteiger partial charge in [0.1, 0.15) is 0 Å². The van der Waals surface area contributed by atoms with E-state index in [1.54, 1.807) is 0 Å². The van der Waals surface area contributed by atoms with Gasteiger partial charge in [0, 0.05) is 0 Å². The van der Waals surface area contributed by atoms with Crippen molar-refractivity contribution in [3.63, 3.8) is 0 Å². The van der Waals surface area contributed by atoms with Crippen molar-refractivity contribution in [3.8, 4) is 0 Å². The molecule has 0 aromatic carbocycles. The van der Waals surface area contributed by atoms with Gasteiger partial charge >= 0.3 is 39.1 Å². The van der Waals surface area contributed by atoms with E-state index >= 15 is 0 Å². The summed E-state index contributed by atoms with van der Waals surface area (Å²) in [5.74, 6) is 0. The second-order valence-corrected chi connectivity index (χ2v) is 10.9. The molecule has 0 aliphatic rings. The molecular weight excluding hydrogens is 394 g/mol. The van der Waals surface area contributed by atoms with Gasteiger partial charge in [-0.25, -0.2) is 0 Å². The molecule has 22 valence electrons. The van der Waals surface area contributed by atoms with Gasteiger partial charge in [0.05, 0.1) is 0 Å². The van der Waals surface area contributed by atoms with Crippen LogP contribution in [0.25, 0.3) is 0 Å². The van der Waals surface area contributed by atoms with Gasteiger partial charge in [0.25, 0.3) is 0 Å². The second-order valence-electron chi connectivity index (χ2n) is 0.163. The first-order valence-corrected chi connectivity index (χ1v) is 16.4. The predicted octanol–water partition coefficient (Wildman–Crippen LogP) is -0.243. The average Bonchev–Trinajstić information content (AvgIpc) is 1.37. The fourth-order valence-corrected chi connectivity index (χ4v) is 0. The van der Waals surface area contributed by atoms with Crippen LogP contribution in [0.15, 0.2) is 0 Å². The number of hydrogen-bond donors (Lipinski definition) is 0. The summed E-state index contributed by atoms with van der Waals surface area (Å²) >= 11 is -2.94. The summed E-state index contributed by atoms with van der Waals surface area (Å²) in [6.45, 7) is 0. The third-order valence-electron chi connectivity index (χ3n) is 0.0333. The Morgan fingerprint density at radius 1 is 1.00 bits per heavy atom. The minimum absolute atomic E-state index is 1.47. The first kappa shape index (κ1) is 5.08. The van der Waals surface area contributed by atoms with Crippen LogP contribution in [0.2, 0.25) is 0 Å². The molecule has 4 heteroatoms. The first-order chi connectivity index (χ1) is 1.91. The van der Waals surface area contributed by atoms with Crippen molar-refractivity contribution in [2.75, 3.05) is 0 Å². The fraction of sp³-hybridized carbons (Fsp3) is 0. The Kier molecular flexibility index (Phi) is 5.18. The topological polar surface area (TPSA) is 34.1 Å². The minimum atomic E-state index is -1.47. The van der Waals surface area contributed by atoms with Gasteiger partial charge in [-0.05, 0) is 0 Å². The van der Waals surface area contributed by atoms with Crippen LogP contribution >= 0.6 is 0 Å². The van der Waals surface area contributed by atoms with Gasteiger partial charge in [-0.1, -0.05) is 0 Å². The second kappa shape index (κ2) is 4.08. The SMILES string of the molecule is [O]=[Ta][Ta]=[O]. The van der Waals surface area contributed by atoms with Crippen LogP contribution in [0.5, 0.6) is 0 Å². The molecule has 0 atom stereocenters. The van der Waals surface area contributed by atoms with Crippen molar-refractivity contribution < 1.29 is 39.1 Å². The van der Waals surface area contributed by atoms with E-state index in [4.69, 9.17) is 0 Å². The molecule has 0 saturated carbocycles. The third kappa shape index (κ3) is 3.08. The van der Waals surface area contributed by atoms with Gasteiger partial charge in [-0.15, -0.1) is 0 Å². The van der Waals surface area contributed by atoms with Crippen LogP contribution < -0.4 is 0 Å². The van der Waals surface area contributed by atoms with Gasteiger partial charge in [0.15, 0.2) is 0 Å². The van der Waals surface area contributed by atoms with Crippen LogP contribution in [0.1, 0.15) is 0 Å². The molecule has 0 amide bonds. The van der Waals surface area contributed by atoms with Crippen molar-refractivity contribution in [1.29, 1.82) is 0 Å². The van der Waals surface area contributed by atoms with Gasteiger partial charge < -0.3 is 0 Å². The fourth-order valence-electron chi connectivity index (χ4n) is 0. The van der Waals surface area contributed by atoms with Crippen molar-refractivity contribution in [3.05, 3.63) is 0 Å². The molecule has 0 radical (unpaired) electrons. The molecule has 0 saturated heterocycles. The van der Waals surface area contributed by atoms with Gasteiger partial charge in [-0.3, -0.25) is 0 Å². The summed E-state index contributed by atoms with van der Waals surface area (Å²) in [4.78, 5) is 0. The summed E-state index contributed by atoms with van der Waals surface area (Å²) < 4.78 is 18.5. The Morgan fingerprint density at radius 2 is 1.25 bits per heavy atom. The Balaban J connectivity index is 2.73. The zero-order valence-electron chi connectivity index (χ0n) is 1.71. The van der Waals surface area contributed by atoms with Crippen molar-refractivity contribution in [2.45, 2.75) is 0 Å². The zero-order valence-corrected chi connectivity index (χ0v) is 8.14.